The predicted molar refractivity (Wildman–Crippen MR) is 45.5 cm³/mol. The molecule has 0 radical (unpaired) electrons. The van der Waals surface area contributed by atoms with Crippen LogP contribution in [0.1, 0.15) is 0 Å². The first kappa shape index (κ1) is 15.8. The van der Waals surface area contributed by atoms with Crippen molar-refractivity contribution in [1.82, 2.24) is 4.98 Å². The maximum absolute atomic E-state index is 11.8. The predicted octanol–water partition coefficient (Wildman–Crippen LogP) is -1.24. The molecular formula is C6H5BF3KN2O3. The van der Waals surface area contributed by atoms with Crippen LogP contribution in [0, 0.1) is 10.1 Å². The number of nitro groups is 1. The third kappa shape index (κ3) is 5.25. The van der Waals surface area contributed by atoms with Crippen molar-refractivity contribution in [3.8, 4) is 5.75 Å². The van der Waals surface area contributed by atoms with Gasteiger partial charge in [-0.3, -0.25) is 0 Å². The summed E-state index contributed by atoms with van der Waals surface area (Å²) in [4.78, 5) is 12.7. The Hall–Kier alpha value is -0.159. The second kappa shape index (κ2) is 6.55. The number of rotatable bonds is 4. The fourth-order valence-corrected chi connectivity index (χ4v) is 0.816. The van der Waals surface area contributed by atoms with Crippen LogP contribution in [0.4, 0.5) is 18.8 Å². The van der Waals surface area contributed by atoms with Gasteiger partial charge in [0, 0.05) is 0 Å². The Morgan fingerprint density at radius 3 is 2.62 bits per heavy atom. The molecule has 1 rings (SSSR count). The summed E-state index contributed by atoms with van der Waals surface area (Å²) in [5, 5.41) is 10.3. The van der Waals surface area contributed by atoms with Gasteiger partial charge in [-0.1, -0.05) is 0 Å². The van der Waals surface area contributed by atoms with E-state index in [0.717, 1.165) is 12.3 Å². The summed E-state index contributed by atoms with van der Waals surface area (Å²) in [5.41, 5.74) is 0. The summed E-state index contributed by atoms with van der Waals surface area (Å²) >= 11 is 0. The molecule has 5 nitrogen and oxygen atoms in total. The van der Waals surface area contributed by atoms with Gasteiger partial charge in [-0.2, -0.15) is 0 Å². The molecule has 0 saturated heterocycles. The molecule has 0 amide bonds. The van der Waals surface area contributed by atoms with Gasteiger partial charge in [-0.05, 0) is 22.0 Å². The van der Waals surface area contributed by atoms with Crippen LogP contribution >= 0.6 is 0 Å². The quantitative estimate of drug-likeness (QED) is 0.386. The first-order valence-corrected chi connectivity index (χ1v) is 3.83. The van der Waals surface area contributed by atoms with E-state index in [1.807, 2.05) is 0 Å². The molecule has 0 N–H and O–H groups in total. The fraction of sp³-hybridized carbons (Fsp3) is 0.167. The van der Waals surface area contributed by atoms with Crippen molar-refractivity contribution in [3.05, 3.63) is 28.4 Å². The minimum absolute atomic E-state index is 0. The standard InChI is InChI=1S/C6H5BF3N2O3.K/c8-7(9,10)4-15-5-2-1-3-11-6(5)12(13)14;/h1-3H,4H2;/q-1;+1. The van der Waals surface area contributed by atoms with Crippen molar-refractivity contribution in [2.45, 2.75) is 0 Å². The van der Waals surface area contributed by atoms with E-state index in [-0.39, 0.29) is 51.4 Å². The molecule has 0 unspecified atom stereocenters. The second-order valence-electron chi connectivity index (χ2n) is 2.60. The molecule has 1 heterocycles. The van der Waals surface area contributed by atoms with E-state index < -0.39 is 30.0 Å². The second-order valence-corrected chi connectivity index (χ2v) is 2.60. The van der Waals surface area contributed by atoms with Crippen molar-refractivity contribution >= 4 is 12.8 Å². The van der Waals surface area contributed by atoms with Crippen LogP contribution in [-0.4, -0.2) is 23.4 Å². The molecular weight excluding hydrogens is 255 g/mol. The van der Waals surface area contributed by atoms with Crippen LogP contribution in [0.3, 0.4) is 0 Å². The number of aromatic nitrogens is 1. The van der Waals surface area contributed by atoms with E-state index in [2.05, 4.69) is 9.72 Å². The third-order valence-electron chi connectivity index (χ3n) is 1.35. The Morgan fingerprint density at radius 2 is 2.12 bits per heavy atom. The van der Waals surface area contributed by atoms with Gasteiger partial charge in [0.1, 0.15) is 6.20 Å². The SMILES string of the molecule is O=[N+]([O-])c1ncccc1OC[B-](F)(F)F.[K+]. The zero-order valence-corrected chi connectivity index (χ0v) is 11.4. The van der Waals surface area contributed by atoms with E-state index in [9.17, 15) is 23.1 Å². The van der Waals surface area contributed by atoms with Crippen molar-refractivity contribution in [1.29, 1.82) is 0 Å². The minimum atomic E-state index is -5.14. The molecule has 0 fully saturated rings. The van der Waals surface area contributed by atoms with Gasteiger partial charge < -0.3 is 27.8 Å². The van der Waals surface area contributed by atoms with Crippen LogP contribution in [0.2, 0.25) is 0 Å². The molecule has 1 aromatic heterocycles. The molecule has 0 aliphatic carbocycles. The zero-order valence-electron chi connectivity index (χ0n) is 8.27. The van der Waals surface area contributed by atoms with Crippen LogP contribution < -0.4 is 56.1 Å². The Balaban J connectivity index is 0.00000225. The molecule has 0 atom stereocenters. The number of hydrogen-bond acceptors (Lipinski definition) is 4. The summed E-state index contributed by atoms with van der Waals surface area (Å²) in [5.74, 6) is -1.21. The summed E-state index contributed by atoms with van der Waals surface area (Å²) in [6.45, 7) is -6.66. The maximum atomic E-state index is 11.8. The van der Waals surface area contributed by atoms with Crippen molar-refractivity contribution < 1.29 is 74.0 Å². The van der Waals surface area contributed by atoms with Crippen molar-refractivity contribution in [2.75, 3.05) is 6.51 Å². The normalized spacial score (nSPS) is 10.4. The molecule has 0 spiro atoms. The molecule has 0 bridgehead atoms. The molecule has 10 heteroatoms. The average molecular weight is 260 g/mol. The van der Waals surface area contributed by atoms with Gasteiger partial charge in [-0.25, -0.2) is 0 Å². The van der Waals surface area contributed by atoms with Crippen LogP contribution in [0.25, 0.3) is 0 Å². The Kier molecular flexibility index (Phi) is 6.48. The van der Waals surface area contributed by atoms with Gasteiger partial charge >= 0.3 is 64.2 Å². The molecule has 0 aliphatic heterocycles. The first-order chi connectivity index (χ1) is 6.90. The van der Waals surface area contributed by atoms with Gasteiger partial charge in [0.05, 0.1) is 6.51 Å². The fourth-order valence-electron chi connectivity index (χ4n) is 0.816. The summed E-state index contributed by atoms with van der Waals surface area (Å²) < 4.78 is 39.7. The van der Waals surface area contributed by atoms with Gasteiger partial charge in [0.25, 0.3) is 0 Å². The minimum Gasteiger partial charge on any atom is -0.515 e. The smallest absolute Gasteiger partial charge is 0.515 e. The van der Waals surface area contributed by atoms with Crippen LogP contribution in [-0.2, 0) is 0 Å². The van der Waals surface area contributed by atoms with E-state index in [1.54, 1.807) is 0 Å². The van der Waals surface area contributed by atoms with Crippen LogP contribution in [0.5, 0.6) is 5.75 Å². The zero-order chi connectivity index (χ0) is 11.5. The van der Waals surface area contributed by atoms with Gasteiger partial charge in [-0.15, -0.1) is 0 Å². The third-order valence-corrected chi connectivity index (χ3v) is 1.35. The van der Waals surface area contributed by atoms with Gasteiger partial charge in [0.15, 0.2) is 0 Å². The van der Waals surface area contributed by atoms with Crippen LogP contribution in [0.15, 0.2) is 18.3 Å². The van der Waals surface area contributed by atoms with E-state index in [4.69, 9.17) is 0 Å². The molecule has 1 aromatic rings. The molecule has 82 valence electrons. The monoisotopic (exact) mass is 260 g/mol. The summed E-state index contributed by atoms with van der Waals surface area (Å²) in [6, 6.07) is 2.32. The number of pyridine rings is 1. The van der Waals surface area contributed by atoms with Crippen molar-refractivity contribution in [2.24, 2.45) is 0 Å². The number of ether oxygens (including phenoxy) is 1. The van der Waals surface area contributed by atoms with Gasteiger partial charge in [0.2, 0.25) is 5.75 Å². The molecule has 16 heavy (non-hydrogen) atoms. The molecule has 0 aliphatic rings. The molecule has 0 saturated carbocycles. The molecule has 0 aromatic carbocycles. The first-order valence-electron chi connectivity index (χ1n) is 3.83. The number of hydrogen-bond donors (Lipinski definition) is 0. The Morgan fingerprint density at radius 1 is 1.50 bits per heavy atom. The van der Waals surface area contributed by atoms with Crippen molar-refractivity contribution in [3.63, 3.8) is 0 Å². The Labute approximate surface area is 131 Å². The number of nitrogens with zero attached hydrogens (tertiary/aromatic N) is 2. The van der Waals surface area contributed by atoms with E-state index in [1.165, 1.54) is 6.07 Å². The van der Waals surface area contributed by atoms with E-state index >= 15 is 0 Å². The Bertz CT molecular complexity index is 376. The average Bonchev–Trinajstić information content (AvgIpc) is 2.14. The topological polar surface area (TPSA) is 65.3 Å². The summed E-state index contributed by atoms with van der Waals surface area (Å²) in [7, 11) is 0. The summed E-state index contributed by atoms with van der Waals surface area (Å²) in [6.07, 6.45) is 1.10. The van der Waals surface area contributed by atoms with E-state index in [0.29, 0.717) is 0 Å². The number of halogens is 3. The maximum Gasteiger partial charge on any atom is 1.00 e. The largest absolute Gasteiger partial charge is 1.00 e.